The zero-order valence-electron chi connectivity index (χ0n) is 18.5. The number of phenolic OH excluding ortho intramolecular Hbond substituents is 1. The smallest absolute Gasteiger partial charge is 0.162 e. The SMILES string of the molecule is CC1(C)CC(n2ccc3cc(-c4ccc(-n5ccnn5)cc4O)nnc32)[C@@H](F)C(C)(C)N1. The molecule has 0 radical (unpaired) electrons. The molecule has 0 spiro atoms. The van der Waals surface area contributed by atoms with Crippen LogP contribution in [0.4, 0.5) is 4.39 Å². The van der Waals surface area contributed by atoms with Crippen molar-refractivity contribution in [3.8, 4) is 22.7 Å². The van der Waals surface area contributed by atoms with E-state index in [1.807, 2.05) is 42.8 Å². The first-order valence-electron chi connectivity index (χ1n) is 10.6. The zero-order chi connectivity index (χ0) is 22.7. The Balaban J connectivity index is 1.51. The van der Waals surface area contributed by atoms with E-state index < -0.39 is 11.7 Å². The summed E-state index contributed by atoms with van der Waals surface area (Å²) in [4.78, 5) is 0. The molecule has 3 aromatic heterocycles. The van der Waals surface area contributed by atoms with E-state index in [0.29, 0.717) is 29.0 Å². The highest BCUT2D eigenvalue weighted by Crippen LogP contribution is 2.40. The predicted molar refractivity (Wildman–Crippen MR) is 119 cm³/mol. The Hall–Kier alpha value is -3.33. The molecule has 9 heteroatoms. The van der Waals surface area contributed by atoms with Crippen LogP contribution in [-0.4, -0.2) is 52.1 Å². The fourth-order valence-corrected chi connectivity index (χ4v) is 4.92. The maximum Gasteiger partial charge on any atom is 0.162 e. The number of rotatable bonds is 3. The van der Waals surface area contributed by atoms with Crippen molar-refractivity contribution in [2.75, 3.05) is 0 Å². The number of phenols is 1. The molecular formula is C23H26FN7O. The second-order valence-corrected chi connectivity index (χ2v) is 9.68. The van der Waals surface area contributed by atoms with Crippen LogP contribution in [0.2, 0.25) is 0 Å². The van der Waals surface area contributed by atoms with Gasteiger partial charge in [-0.1, -0.05) is 5.21 Å². The van der Waals surface area contributed by atoms with Gasteiger partial charge in [-0.05, 0) is 58.4 Å². The summed E-state index contributed by atoms with van der Waals surface area (Å²) in [6.07, 6.45) is 4.70. The Labute approximate surface area is 185 Å². The first-order valence-corrected chi connectivity index (χ1v) is 10.6. The monoisotopic (exact) mass is 435 g/mol. The summed E-state index contributed by atoms with van der Waals surface area (Å²) in [5.41, 5.74) is 1.55. The van der Waals surface area contributed by atoms with Gasteiger partial charge in [-0.2, -0.15) is 0 Å². The van der Waals surface area contributed by atoms with Gasteiger partial charge in [-0.3, -0.25) is 0 Å². The van der Waals surface area contributed by atoms with Gasteiger partial charge < -0.3 is 15.0 Å². The molecule has 1 aromatic carbocycles. The summed E-state index contributed by atoms with van der Waals surface area (Å²) in [7, 11) is 0. The summed E-state index contributed by atoms with van der Waals surface area (Å²) in [5, 5.41) is 31.3. The lowest BCUT2D eigenvalue weighted by molar-refractivity contribution is 0.0313. The first kappa shape index (κ1) is 20.6. The molecule has 1 saturated heterocycles. The van der Waals surface area contributed by atoms with E-state index in [9.17, 15) is 5.11 Å². The molecule has 166 valence electrons. The average Bonchev–Trinajstić information content (AvgIpc) is 3.39. The normalized spacial score (nSPS) is 22.3. The minimum absolute atomic E-state index is 0.0664. The molecule has 2 N–H and O–H groups in total. The van der Waals surface area contributed by atoms with Crippen molar-refractivity contribution in [2.24, 2.45) is 0 Å². The number of halogens is 1. The molecule has 5 rings (SSSR count). The highest BCUT2D eigenvalue weighted by atomic mass is 19.1. The number of aromatic hydroxyl groups is 1. The molecule has 8 nitrogen and oxygen atoms in total. The Kier molecular flexibility index (Phi) is 4.56. The molecule has 32 heavy (non-hydrogen) atoms. The lowest BCUT2D eigenvalue weighted by atomic mass is 9.78. The molecule has 2 atom stereocenters. The van der Waals surface area contributed by atoms with Gasteiger partial charge in [0, 0.05) is 34.3 Å². The number of nitrogens with one attached hydrogen (secondary N) is 1. The maximum absolute atomic E-state index is 15.4. The third kappa shape index (κ3) is 3.42. The highest BCUT2D eigenvalue weighted by Gasteiger charge is 2.47. The van der Waals surface area contributed by atoms with E-state index in [-0.39, 0.29) is 17.3 Å². The fourth-order valence-electron chi connectivity index (χ4n) is 4.92. The topological polar surface area (TPSA) is 93.7 Å². The van der Waals surface area contributed by atoms with Crippen molar-refractivity contribution >= 4 is 11.0 Å². The number of alkyl halides is 1. The van der Waals surface area contributed by atoms with Crippen molar-refractivity contribution in [2.45, 2.75) is 57.4 Å². The van der Waals surface area contributed by atoms with Gasteiger partial charge in [0.2, 0.25) is 0 Å². The van der Waals surface area contributed by atoms with Crippen molar-refractivity contribution in [3.05, 3.63) is 48.9 Å². The number of fused-ring (bicyclic) bond motifs is 1. The van der Waals surface area contributed by atoms with Gasteiger partial charge in [0.1, 0.15) is 11.9 Å². The van der Waals surface area contributed by atoms with Crippen molar-refractivity contribution in [1.82, 2.24) is 35.1 Å². The number of hydrogen-bond acceptors (Lipinski definition) is 6. The molecule has 1 aliphatic heterocycles. The second kappa shape index (κ2) is 7.09. The Morgan fingerprint density at radius 2 is 1.91 bits per heavy atom. The number of benzene rings is 1. The summed E-state index contributed by atoms with van der Waals surface area (Å²) < 4.78 is 18.9. The van der Waals surface area contributed by atoms with Crippen molar-refractivity contribution < 1.29 is 9.50 Å². The van der Waals surface area contributed by atoms with Gasteiger partial charge >= 0.3 is 0 Å². The zero-order valence-corrected chi connectivity index (χ0v) is 18.5. The average molecular weight is 436 g/mol. The largest absolute Gasteiger partial charge is 0.507 e. The van der Waals surface area contributed by atoms with E-state index in [0.717, 1.165) is 5.39 Å². The summed E-state index contributed by atoms with van der Waals surface area (Å²) >= 11 is 0. The lowest BCUT2D eigenvalue weighted by Crippen LogP contribution is -2.64. The van der Waals surface area contributed by atoms with Crippen LogP contribution >= 0.6 is 0 Å². The molecule has 4 heterocycles. The quantitative estimate of drug-likeness (QED) is 0.508. The molecule has 1 fully saturated rings. The molecule has 0 aliphatic carbocycles. The lowest BCUT2D eigenvalue weighted by Gasteiger charge is -2.49. The molecule has 0 amide bonds. The van der Waals surface area contributed by atoms with Crippen molar-refractivity contribution in [1.29, 1.82) is 0 Å². The number of hydrogen-bond donors (Lipinski definition) is 2. The van der Waals surface area contributed by atoms with Crippen LogP contribution in [0.1, 0.15) is 40.2 Å². The summed E-state index contributed by atoms with van der Waals surface area (Å²) in [6.45, 7) is 7.98. The molecule has 0 bridgehead atoms. The number of nitrogens with zero attached hydrogens (tertiary/aromatic N) is 6. The summed E-state index contributed by atoms with van der Waals surface area (Å²) in [6, 6.07) is 8.64. The summed E-state index contributed by atoms with van der Waals surface area (Å²) in [5.74, 6) is 0.0664. The van der Waals surface area contributed by atoms with Gasteiger partial charge in [-0.15, -0.1) is 15.3 Å². The third-order valence-electron chi connectivity index (χ3n) is 6.17. The van der Waals surface area contributed by atoms with Gasteiger partial charge in [0.15, 0.2) is 5.65 Å². The van der Waals surface area contributed by atoms with Crippen LogP contribution in [0.25, 0.3) is 28.0 Å². The van der Waals surface area contributed by atoms with Crippen LogP contribution in [0.3, 0.4) is 0 Å². The second-order valence-electron chi connectivity index (χ2n) is 9.68. The standard InChI is InChI=1S/C23H26FN7O/c1-22(2)13-18(20(24)23(3,4)28-22)30-9-7-14-11-17(26-27-21(14)30)16-6-5-15(12-19(16)32)31-10-8-25-29-31/h5-12,18,20,28,32H,13H2,1-4H3/t18?,20-/m1/s1. The van der Waals surface area contributed by atoms with Gasteiger partial charge in [0.25, 0.3) is 0 Å². The van der Waals surface area contributed by atoms with Crippen molar-refractivity contribution in [3.63, 3.8) is 0 Å². The van der Waals surface area contributed by atoms with E-state index in [4.69, 9.17) is 0 Å². The van der Waals surface area contributed by atoms with Crippen LogP contribution in [0, 0.1) is 0 Å². The van der Waals surface area contributed by atoms with E-state index in [1.54, 1.807) is 29.2 Å². The molecule has 4 aromatic rings. The van der Waals surface area contributed by atoms with Crippen LogP contribution in [0.5, 0.6) is 5.75 Å². The molecule has 0 saturated carbocycles. The van der Waals surface area contributed by atoms with Crippen LogP contribution in [0.15, 0.2) is 48.9 Å². The Morgan fingerprint density at radius 3 is 2.62 bits per heavy atom. The molecular weight excluding hydrogens is 409 g/mol. The van der Waals surface area contributed by atoms with Gasteiger partial charge in [0.05, 0.1) is 29.8 Å². The maximum atomic E-state index is 15.4. The predicted octanol–water partition coefficient (Wildman–Crippen LogP) is 3.81. The van der Waals surface area contributed by atoms with Crippen LogP contribution < -0.4 is 5.32 Å². The van der Waals surface area contributed by atoms with Crippen LogP contribution in [-0.2, 0) is 0 Å². The highest BCUT2D eigenvalue weighted by molar-refractivity contribution is 5.81. The van der Waals surface area contributed by atoms with Gasteiger partial charge in [-0.25, -0.2) is 9.07 Å². The number of aromatic nitrogens is 6. The molecule has 1 aliphatic rings. The third-order valence-corrected chi connectivity index (χ3v) is 6.17. The first-order chi connectivity index (χ1) is 15.1. The Morgan fingerprint density at radius 1 is 1.09 bits per heavy atom. The Bertz CT molecular complexity index is 1280. The minimum Gasteiger partial charge on any atom is -0.507 e. The minimum atomic E-state index is -1.08. The molecule has 1 unspecified atom stereocenters. The van der Waals surface area contributed by atoms with E-state index in [2.05, 4.69) is 39.7 Å². The fraction of sp³-hybridized carbons (Fsp3) is 0.391. The van der Waals surface area contributed by atoms with E-state index >= 15 is 4.39 Å². The number of piperidine rings is 1. The van der Waals surface area contributed by atoms with E-state index in [1.165, 1.54) is 0 Å².